The maximum Gasteiger partial charge on any atom is 0.416 e. The van der Waals surface area contributed by atoms with Crippen LogP contribution in [0.4, 0.5) is 13.2 Å². The highest BCUT2D eigenvalue weighted by molar-refractivity contribution is 5.52. The molecule has 0 aromatic heterocycles. The molecule has 0 heterocycles. The number of hydrogen-bond donors (Lipinski definition) is 1. The number of rotatable bonds is 3. The van der Waals surface area contributed by atoms with Crippen molar-refractivity contribution < 1.29 is 18.3 Å². The lowest BCUT2D eigenvalue weighted by molar-refractivity contribution is -0.138. The van der Waals surface area contributed by atoms with Crippen LogP contribution in [-0.4, -0.2) is 11.7 Å². The summed E-state index contributed by atoms with van der Waals surface area (Å²) in [6.45, 7) is 1.43. The zero-order valence-corrected chi connectivity index (χ0v) is 8.88. The average Bonchev–Trinajstić information content (AvgIpc) is 2.19. The quantitative estimate of drug-likeness (QED) is 0.843. The number of benzene rings is 1. The van der Waals surface area contributed by atoms with Crippen molar-refractivity contribution in [3.63, 3.8) is 0 Å². The van der Waals surface area contributed by atoms with Gasteiger partial charge in [-0.2, -0.15) is 13.2 Å². The minimum Gasteiger partial charge on any atom is -0.396 e. The van der Waals surface area contributed by atoms with Gasteiger partial charge in [0.15, 0.2) is 0 Å². The van der Waals surface area contributed by atoms with Crippen LogP contribution in [0.15, 0.2) is 24.3 Å². The fourth-order valence-corrected chi connectivity index (χ4v) is 1.34. The summed E-state index contributed by atoms with van der Waals surface area (Å²) in [7, 11) is 0. The Labute approximate surface area is 92.2 Å². The van der Waals surface area contributed by atoms with E-state index in [0.29, 0.717) is 12.0 Å². The number of alkyl halides is 3. The van der Waals surface area contributed by atoms with E-state index in [4.69, 9.17) is 5.11 Å². The van der Waals surface area contributed by atoms with Gasteiger partial charge in [0.25, 0.3) is 0 Å². The number of aliphatic hydroxyl groups is 1. The van der Waals surface area contributed by atoms with Crippen molar-refractivity contribution in [3.05, 3.63) is 41.0 Å². The third-order valence-electron chi connectivity index (χ3n) is 2.17. The van der Waals surface area contributed by atoms with Crippen LogP contribution in [0.5, 0.6) is 0 Å². The van der Waals surface area contributed by atoms with Gasteiger partial charge in [0.05, 0.1) is 5.56 Å². The molecule has 88 valence electrons. The lowest BCUT2D eigenvalue weighted by Gasteiger charge is -2.10. The van der Waals surface area contributed by atoms with Gasteiger partial charge in [0, 0.05) is 6.61 Å². The van der Waals surface area contributed by atoms with E-state index in [1.807, 2.05) is 0 Å². The van der Waals surface area contributed by atoms with Crippen LogP contribution in [0, 0.1) is 6.92 Å². The van der Waals surface area contributed by atoms with Crippen molar-refractivity contribution in [3.8, 4) is 0 Å². The highest BCUT2D eigenvalue weighted by atomic mass is 19.4. The highest BCUT2D eigenvalue weighted by Gasteiger charge is 2.32. The van der Waals surface area contributed by atoms with Crippen LogP contribution in [0.2, 0.25) is 0 Å². The molecule has 0 bridgehead atoms. The first-order valence-electron chi connectivity index (χ1n) is 4.90. The number of aryl methyl sites for hydroxylation is 1. The normalized spacial score (nSPS) is 12.3. The summed E-state index contributed by atoms with van der Waals surface area (Å²) in [4.78, 5) is 0. The zero-order chi connectivity index (χ0) is 12.2. The lowest BCUT2D eigenvalue weighted by Crippen LogP contribution is -2.07. The Kier molecular flexibility index (Phi) is 4.12. The fraction of sp³-hybridized carbons (Fsp3) is 0.333. The Morgan fingerprint density at radius 1 is 1.31 bits per heavy atom. The second-order valence-electron chi connectivity index (χ2n) is 3.49. The Morgan fingerprint density at radius 3 is 2.56 bits per heavy atom. The molecule has 1 aromatic rings. The van der Waals surface area contributed by atoms with E-state index in [-0.39, 0.29) is 12.2 Å². The van der Waals surface area contributed by atoms with Crippen LogP contribution in [-0.2, 0) is 6.18 Å². The van der Waals surface area contributed by atoms with E-state index >= 15 is 0 Å². The predicted octanol–water partition coefficient (Wildman–Crippen LogP) is 3.41. The molecule has 0 radical (unpaired) electrons. The molecule has 0 amide bonds. The second-order valence-corrected chi connectivity index (χ2v) is 3.49. The fourth-order valence-electron chi connectivity index (χ4n) is 1.34. The Balaban J connectivity index is 2.99. The van der Waals surface area contributed by atoms with Crippen molar-refractivity contribution >= 4 is 6.08 Å². The summed E-state index contributed by atoms with van der Waals surface area (Å²) in [5.74, 6) is 0. The van der Waals surface area contributed by atoms with Crippen molar-refractivity contribution in [2.75, 3.05) is 6.61 Å². The van der Waals surface area contributed by atoms with Crippen LogP contribution in [0.3, 0.4) is 0 Å². The van der Waals surface area contributed by atoms with Crippen LogP contribution in [0.1, 0.15) is 23.1 Å². The minimum absolute atomic E-state index is 0.00547. The third-order valence-corrected chi connectivity index (χ3v) is 2.17. The first kappa shape index (κ1) is 12.8. The second kappa shape index (κ2) is 5.16. The molecule has 0 aliphatic carbocycles. The van der Waals surface area contributed by atoms with E-state index in [9.17, 15) is 13.2 Å². The van der Waals surface area contributed by atoms with E-state index in [1.165, 1.54) is 13.0 Å². The molecule has 0 atom stereocenters. The monoisotopic (exact) mass is 230 g/mol. The molecule has 0 saturated heterocycles. The first-order valence-corrected chi connectivity index (χ1v) is 4.90. The molecule has 0 aliphatic heterocycles. The van der Waals surface area contributed by atoms with E-state index in [1.54, 1.807) is 18.2 Å². The predicted molar refractivity (Wildman–Crippen MR) is 56.9 cm³/mol. The molecule has 1 N–H and O–H groups in total. The molecule has 4 heteroatoms. The Morgan fingerprint density at radius 2 is 2.00 bits per heavy atom. The molecule has 1 rings (SSSR count). The SMILES string of the molecule is Cc1ccc(C=CCCO)cc1C(F)(F)F. The van der Waals surface area contributed by atoms with E-state index in [0.717, 1.165) is 6.07 Å². The van der Waals surface area contributed by atoms with Crippen molar-refractivity contribution in [1.29, 1.82) is 0 Å². The average molecular weight is 230 g/mol. The standard InChI is InChI=1S/C12H13F3O/c1-9-5-6-10(4-2-3-7-16)8-11(9)12(13,14)15/h2,4-6,8,16H,3,7H2,1H3. The topological polar surface area (TPSA) is 20.2 Å². The molecular formula is C12H13F3O. The minimum atomic E-state index is -4.31. The van der Waals surface area contributed by atoms with E-state index < -0.39 is 11.7 Å². The zero-order valence-electron chi connectivity index (χ0n) is 8.88. The van der Waals surface area contributed by atoms with Gasteiger partial charge < -0.3 is 5.11 Å². The smallest absolute Gasteiger partial charge is 0.396 e. The van der Waals surface area contributed by atoms with Crippen molar-refractivity contribution in [2.24, 2.45) is 0 Å². The molecule has 0 fully saturated rings. The summed E-state index contributed by atoms with van der Waals surface area (Å²) < 4.78 is 37.7. The third kappa shape index (κ3) is 3.38. The summed E-state index contributed by atoms with van der Waals surface area (Å²) in [6.07, 6.45) is -0.657. The Bertz CT molecular complexity index is 380. The van der Waals surface area contributed by atoms with Gasteiger partial charge >= 0.3 is 6.18 Å². The molecule has 0 aliphatic rings. The molecule has 1 nitrogen and oxygen atoms in total. The number of halogens is 3. The van der Waals surface area contributed by atoms with Gasteiger partial charge in [-0.15, -0.1) is 0 Å². The molecule has 0 saturated carbocycles. The highest BCUT2D eigenvalue weighted by Crippen LogP contribution is 2.32. The number of hydrogen-bond acceptors (Lipinski definition) is 1. The van der Waals surface area contributed by atoms with E-state index in [2.05, 4.69) is 0 Å². The van der Waals surface area contributed by atoms with Crippen molar-refractivity contribution in [1.82, 2.24) is 0 Å². The molecule has 0 unspecified atom stereocenters. The van der Waals surface area contributed by atoms with Gasteiger partial charge in [0.2, 0.25) is 0 Å². The molecule has 16 heavy (non-hydrogen) atoms. The Hall–Kier alpha value is -1.29. The summed E-state index contributed by atoms with van der Waals surface area (Å²) in [5, 5.41) is 8.54. The summed E-state index contributed by atoms with van der Waals surface area (Å²) in [5.41, 5.74) is 0.0943. The van der Waals surface area contributed by atoms with Gasteiger partial charge in [-0.1, -0.05) is 24.3 Å². The maximum atomic E-state index is 12.6. The summed E-state index contributed by atoms with van der Waals surface area (Å²) >= 11 is 0. The maximum absolute atomic E-state index is 12.6. The van der Waals surface area contributed by atoms with Crippen LogP contribution < -0.4 is 0 Å². The molecular weight excluding hydrogens is 217 g/mol. The van der Waals surface area contributed by atoms with Crippen LogP contribution >= 0.6 is 0 Å². The molecule has 0 spiro atoms. The first-order chi connectivity index (χ1) is 7.45. The number of aliphatic hydroxyl groups excluding tert-OH is 1. The van der Waals surface area contributed by atoms with Gasteiger partial charge in [0.1, 0.15) is 0 Å². The van der Waals surface area contributed by atoms with Gasteiger partial charge in [-0.05, 0) is 30.5 Å². The molecule has 1 aromatic carbocycles. The lowest BCUT2D eigenvalue weighted by atomic mass is 10.0. The van der Waals surface area contributed by atoms with Crippen molar-refractivity contribution in [2.45, 2.75) is 19.5 Å². The summed E-state index contributed by atoms with van der Waals surface area (Å²) in [6, 6.07) is 4.18. The largest absolute Gasteiger partial charge is 0.416 e. The van der Waals surface area contributed by atoms with Gasteiger partial charge in [-0.3, -0.25) is 0 Å². The van der Waals surface area contributed by atoms with Gasteiger partial charge in [-0.25, -0.2) is 0 Å². The van der Waals surface area contributed by atoms with Crippen LogP contribution in [0.25, 0.3) is 6.08 Å².